The fraction of sp³-hybridized carbons (Fsp3) is 0.222. The first-order chi connectivity index (χ1) is 11.1. The summed E-state index contributed by atoms with van der Waals surface area (Å²) in [7, 11) is 1.62. The van der Waals surface area contributed by atoms with Gasteiger partial charge in [-0.15, -0.1) is 0 Å². The fourth-order valence-electron chi connectivity index (χ4n) is 1.94. The number of nitrogens with zero attached hydrogens (tertiary/aromatic N) is 1. The second-order valence-electron chi connectivity index (χ2n) is 5.18. The highest BCUT2D eigenvalue weighted by atomic mass is 16.5. The summed E-state index contributed by atoms with van der Waals surface area (Å²) in [5, 5.41) is 7.16. The van der Waals surface area contributed by atoms with Gasteiger partial charge in [-0.3, -0.25) is 4.79 Å². The molecule has 0 heterocycles. The van der Waals surface area contributed by atoms with E-state index in [2.05, 4.69) is 15.8 Å². The third kappa shape index (κ3) is 5.14. The van der Waals surface area contributed by atoms with E-state index >= 15 is 0 Å². The Bertz CT molecular complexity index is 676. The first kappa shape index (κ1) is 16.5. The summed E-state index contributed by atoms with van der Waals surface area (Å²) in [6.07, 6.45) is 0. The van der Waals surface area contributed by atoms with Gasteiger partial charge in [0.1, 0.15) is 5.75 Å². The molecule has 0 spiro atoms. The Kier molecular flexibility index (Phi) is 5.74. The van der Waals surface area contributed by atoms with Gasteiger partial charge in [0.25, 0.3) is 5.91 Å². The summed E-state index contributed by atoms with van der Waals surface area (Å²) < 4.78 is 5.11. The Morgan fingerprint density at radius 1 is 1.09 bits per heavy atom. The maximum absolute atomic E-state index is 11.8. The van der Waals surface area contributed by atoms with Crippen LogP contribution in [0.5, 0.6) is 5.75 Å². The highest BCUT2D eigenvalue weighted by Crippen LogP contribution is 2.11. The highest BCUT2D eigenvalue weighted by Gasteiger charge is 2.02. The molecule has 0 radical (unpaired) electrons. The van der Waals surface area contributed by atoms with Gasteiger partial charge in [-0.2, -0.15) is 5.10 Å². The number of amides is 1. The average molecular weight is 311 g/mol. The molecule has 0 aliphatic rings. The topological polar surface area (TPSA) is 62.7 Å². The average Bonchev–Trinajstić information content (AvgIpc) is 2.59. The summed E-state index contributed by atoms with van der Waals surface area (Å²) in [4.78, 5) is 11.8. The maximum atomic E-state index is 11.8. The zero-order valence-corrected chi connectivity index (χ0v) is 13.6. The summed E-state index contributed by atoms with van der Waals surface area (Å²) in [5.74, 6) is 0.589. The van der Waals surface area contributed by atoms with Crippen LogP contribution in [0.3, 0.4) is 0 Å². The zero-order chi connectivity index (χ0) is 16.7. The Morgan fingerprint density at radius 2 is 1.74 bits per heavy atom. The van der Waals surface area contributed by atoms with E-state index < -0.39 is 0 Å². The second-order valence-corrected chi connectivity index (χ2v) is 5.18. The molecule has 0 saturated carbocycles. The van der Waals surface area contributed by atoms with Crippen LogP contribution in [0.4, 0.5) is 5.69 Å². The van der Waals surface area contributed by atoms with Crippen molar-refractivity contribution >= 4 is 17.3 Å². The molecule has 2 aromatic carbocycles. The van der Waals surface area contributed by atoms with Crippen LogP contribution < -0.4 is 15.5 Å². The van der Waals surface area contributed by atoms with Crippen LogP contribution in [0.1, 0.15) is 18.1 Å². The van der Waals surface area contributed by atoms with E-state index in [0.29, 0.717) is 0 Å². The van der Waals surface area contributed by atoms with E-state index in [1.54, 1.807) is 7.11 Å². The van der Waals surface area contributed by atoms with Gasteiger partial charge in [0.05, 0.1) is 19.4 Å². The van der Waals surface area contributed by atoms with Crippen molar-refractivity contribution in [3.63, 3.8) is 0 Å². The highest BCUT2D eigenvalue weighted by molar-refractivity contribution is 5.99. The molecular weight excluding hydrogens is 290 g/mol. The van der Waals surface area contributed by atoms with Crippen LogP contribution in [-0.4, -0.2) is 25.3 Å². The number of hydrazone groups is 1. The van der Waals surface area contributed by atoms with Gasteiger partial charge in [-0.1, -0.05) is 17.7 Å². The number of rotatable bonds is 6. The molecule has 5 nitrogen and oxygen atoms in total. The normalized spacial score (nSPS) is 11.0. The van der Waals surface area contributed by atoms with E-state index in [1.165, 1.54) is 5.56 Å². The molecule has 23 heavy (non-hydrogen) atoms. The number of hydrogen-bond donors (Lipinski definition) is 2. The number of aryl methyl sites for hydroxylation is 1. The fourth-order valence-corrected chi connectivity index (χ4v) is 1.94. The molecule has 0 aliphatic heterocycles. The molecule has 2 rings (SSSR count). The minimum Gasteiger partial charge on any atom is -0.497 e. The summed E-state index contributed by atoms with van der Waals surface area (Å²) >= 11 is 0. The van der Waals surface area contributed by atoms with E-state index in [4.69, 9.17) is 4.74 Å². The lowest BCUT2D eigenvalue weighted by atomic mass is 10.1. The van der Waals surface area contributed by atoms with Gasteiger partial charge >= 0.3 is 0 Å². The number of benzene rings is 2. The maximum Gasteiger partial charge on any atom is 0.259 e. The van der Waals surface area contributed by atoms with Gasteiger partial charge < -0.3 is 10.1 Å². The van der Waals surface area contributed by atoms with Crippen molar-refractivity contribution in [1.29, 1.82) is 0 Å². The Balaban J connectivity index is 1.85. The van der Waals surface area contributed by atoms with Crippen molar-refractivity contribution in [3.8, 4) is 5.75 Å². The van der Waals surface area contributed by atoms with Crippen molar-refractivity contribution in [2.45, 2.75) is 13.8 Å². The zero-order valence-electron chi connectivity index (χ0n) is 13.6. The standard InChI is InChI=1S/C18H21N3O2/c1-13-4-8-16(9-5-13)19-12-18(22)21-20-14(2)15-6-10-17(23-3)11-7-15/h4-11,19H,12H2,1-3H3,(H,21,22). The number of methoxy groups -OCH3 is 1. The first-order valence-corrected chi connectivity index (χ1v) is 7.36. The molecule has 0 saturated heterocycles. The van der Waals surface area contributed by atoms with E-state index in [1.807, 2.05) is 62.4 Å². The molecule has 2 N–H and O–H groups in total. The number of hydrogen-bond acceptors (Lipinski definition) is 4. The molecule has 1 amide bonds. The minimum atomic E-state index is -0.196. The van der Waals surface area contributed by atoms with Gasteiger partial charge in [-0.25, -0.2) is 5.43 Å². The van der Waals surface area contributed by atoms with Crippen LogP contribution in [0.15, 0.2) is 53.6 Å². The monoisotopic (exact) mass is 311 g/mol. The third-order valence-electron chi connectivity index (χ3n) is 3.36. The van der Waals surface area contributed by atoms with Crippen molar-refractivity contribution in [1.82, 2.24) is 5.43 Å². The summed E-state index contributed by atoms with van der Waals surface area (Å²) in [5.41, 5.74) is 6.29. The molecule has 0 fully saturated rings. The number of ether oxygens (including phenoxy) is 1. The van der Waals surface area contributed by atoms with E-state index in [0.717, 1.165) is 22.7 Å². The lowest BCUT2D eigenvalue weighted by Gasteiger charge is -2.07. The lowest BCUT2D eigenvalue weighted by molar-refractivity contribution is -0.119. The second kappa shape index (κ2) is 7.98. The third-order valence-corrected chi connectivity index (χ3v) is 3.36. The molecule has 120 valence electrons. The van der Waals surface area contributed by atoms with Crippen LogP contribution in [-0.2, 0) is 4.79 Å². The predicted octanol–water partition coefficient (Wildman–Crippen LogP) is 2.96. The van der Waals surface area contributed by atoms with Crippen molar-refractivity contribution in [2.24, 2.45) is 5.10 Å². The molecular formula is C18H21N3O2. The number of anilines is 1. The number of carbonyl (C=O) groups excluding carboxylic acids is 1. The molecule has 0 unspecified atom stereocenters. The van der Waals surface area contributed by atoms with Gasteiger partial charge in [-0.05, 0) is 55.8 Å². The van der Waals surface area contributed by atoms with E-state index in [-0.39, 0.29) is 12.5 Å². The largest absolute Gasteiger partial charge is 0.497 e. The SMILES string of the molecule is COc1ccc(C(C)=NNC(=O)CNc2ccc(C)cc2)cc1. The molecule has 0 aromatic heterocycles. The van der Waals surface area contributed by atoms with Gasteiger partial charge in [0.15, 0.2) is 0 Å². The molecule has 2 aromatic rings. The van der Waals surface area contributed by atoms with Crippen LogP contribution in [0.25, 0.3) is 0 Å². The van der Waals surface area contributed by atoms with Crippen LogP contribution in [0.2, 0.25) is 0 Å². The summed E-state index contributed by atoms with van der Waals surface area (Å²) in [6, 6.07) is 15.4. The van der Waals surface area contributed by atoms with Crippen molar-refractivity contribution in [3.05, 3.63) is 59.7 Å². The number of carbonyl (C=O) groups is 1. The first-order valence-electron chi connectivity index (χ1n) is 7.36. The van der Waals surface area contributed by atoms with Crippen molar-refractivity contribution < 1.29 is 9.53 Å². The van der Waals surface area contributed by atoms with Crippen LogP contribution in [0, 0.1) is 6.92 Å². The predicted molar refractivity (Wildman–Crippen MR) is 93.0 cm³/mol. The smallest absolute Gasteiger partial charge is 0.259 e. The summed E-state index contributed by atoms with van der Waals surface area (Å²) in [6.45, 7) is 4.03. The van der Waals surface area contributed by atoms with Crippen LogP contribution >= 0.6 is 0 Å². The number of nitrogens with one attached hydrogen (secondary N) is 2. The Morgan fingerprint density at radius 3 is 2.35 bits per heavy atom. The van der Waals surface area contributed by atoms with Gasteiger partial charge in [0.2, 0.25) is 0 Å². The molecule has 0 atom stereocenters. The quantitative estimate of drug-likeness (QED) is 0.637. The van der Waals surface area contributed by atoms with Gasteiger partial charge in [0, 0.05) is 5.69 Å². The Hall–Kier alpha value is -2.82. The minimum absolute atomic E-state index is 0.169. The van der Waals surface area contributed by atoms with E-state index in [9.17, 15) is 4.79 Å². The Labute approximate surface area is 136 Å². The lowest BCUT2D eigenvalue weighted by Crippen LogP contribution is -2.26. The molecule has 0 aliphatic carbocycles. The van der Waals surface area contributed by atoms with Crippen molar-refractivity contribution in [2.75, 3.05) is 19.0 Å². The molecule has 5 heteroatoms. The molecule has 0 bridgehead atoms.